The van der Waals surface area contributed by atoms with E-state index in [1.54, 1.807) is 0 Å². The second kappa shape index (κ2) is 7.78. The Bertz CT molecular complexity index is 476. The van der Waals surface area contributed by atoms with Crippen LogP contribution < -0.4 is 0 Å². The SMILES string of the molecule is OC(CN1CCCC1CN1CCCCC1)c1ccccc1Cl. The van der Waals surface area contributed by atoms with E-state index in [1.165, 1.54) is 45.2 Å². The van der Waals surface area contributed by atoms with Crippen LogP contribution >= 0.6 is 11.6 Å². The van der Waals surface area contributed by atoms with Crippen LogP contribution in [0.25, 0.3) is 0 Å². The molecule has 1 aromatic carbocycles. The number of hydrogen-bond acceptors (Lipinski definition) is 3. The Balaban J connectivity index is 1.57. The van der Waals surface area contributed by atoms with Gasteiger partial charge in [-0.3, -0.25) is 4.90 Å². The number of aliphatic hydroxyl groups is 1. The van der Waals surface area contributed by atoms with E-state index in [4.69, 9.17) is 11.6 Å². The van der Waals surface area contributed by atoms with Gasteiger partial charge in [-0.2, -0.15) is 0 Å². The van der Waals surface area contributed by atoms with Crippen LogP contribution in [-0.4, -0.2) is 53.7 Å². The molecule has 2 saturated heterocycles. The second-order valence-corrected chi connectivity index (χ2v) is 7.10. The zero-order valence-corrected chi connectivity index (χ0v) is 14.0. The van der Waals surface area contributed by atoms with E-state index in [0.717, 1.165) is 18.7 Å². The Morgan fingerprint density at radius 1 is 1.09 bits per heavy atom. The van der Waals surface area contributed by atoms with Crippen LogP contribution in [0.5, 0.6) is 0 Å². The highest BCUT2D eigenvalue weighted by atomic mass is 35.5. The Hall–Kier alpha value is -0.610. The predicted octanol–water partition coefficient (Wildman–Crippen LogP) is 3.32. The summed E-state index contributed by atoms with van der Waals surface area (Å²) in [5.74, 6) is 0. The molecular formula is C18H27ClN2O. The van der Waals surface area contributed by atoms with E-state index in [2.05, 4.69) is 9.80 Å². The van der Waals surface area contributed by atoms with Crippen LogP contribution in [0.3, 0.4) is 0 Å². The molecular weight excluding hydrogens is 296 g/mol. The molecule has 2 unspecified atom stereocenters. The summed E-state index contributed by atoms with van der Waals surface area (Å²) in [5.41, 5.74) is 0.854. The van der Waals surface area contributed by atoms with Crippen molar-refractivity contribution in [2.75, 3.05) is 32.7 Å². The molecule has 22 heavy (non-hydrogen) atoms. The molecule has 3 rings (SSSR count). The number of nitrogens with zero attached hydrogens (tertiary/aromatic N) is 2. The first kappa shape index (κ1) is 16.3. The van der Waals surface area contributed by atoms with E-state index in [0.29, 0.717) is 17.6 Å². The molecule has 0 amide bonds. The van der Waals surface area contributed by atoms with Gasteiger partial charge in [0.05, 0.1) is 6.10 Å². The van der Waals surface area contributed by atoms with E-state index in [9.17, 15) is 5.11 Å². The van der Waals surface area contributed by atoms with Crippen molar-refractivity contribution in [2.24, 2.45) is 0 Å². The molecule has 2 fully saturated rings. The number of benzene rings is 1. The summed E-state index contributed by atoms with van der Waals surface area (Å²) in [6.07, 6.45) is 6.08. The number of aliphatic hydroxyl groups excluding tert-OH is 1. The molecule has 0 spiro atoms. The summed E-state index contributed by atoms with van der Waals surface area (Å²) < 4.78 is 0. The molecule has 2 atom stereocenters. The lowest BCUT2D eigenvalue weighted by Crippen LogP contribution is -2.43. The molecule has 0 saturated carbocycles. The molecule has 2 aliphatic rings. The molecule has 2 heterocycles. The Labute approximate surface area is 138 Å². The molecule has 0 radical (unpaired) electrons. The maximum Gasteiger partial charge on any atom is 0.0931 e. The van der Waals surface area contributed by atoms with E-state index in [-0.39, 0.29) is 0 Å². The topological polar surface area (TPSA) is 26.7 Å². The lowest BCUT2D eigenvalue weighted by atomic mass is 10.1. The van der Waals surface area contributed by atoms with Crippen molar-refractivity contribution in [3.63, 3.8) is 0 Å². The molecule has 2 aliphatic heterocycles. The predicted molar refractivity (Wildman–Crippen MR) is 91.3 cm³/mol. The molecule has 0 aliphatic carbocycles. The first-order valence-corrected chi connectivity index (χ1v) is 9.01. The molecule has 4 heteroatoms. The highest BCUT2D eigenvalue weighted by molar-refractivity contribution is 6.31. The van der Waals surface area contributed by atoms with E-state index < -0.39 is 6.10 Å². The number of likely N-dealkylation sites (tertiary alicyclic amines) is 2. The van der Waals surface area contributed by atoms with Crippen LogP contribution in [0.4, 0.5) is 0 Å². The number of hydrogen-bond donors (Lipinski definition) is 1. The van der Waals surface area contributed by atoms with Gasteiger partial charge in [-0.05, 0) is 51.4 Å². The average Bonchev–Trinajstić information content (AvgIpc) is 2.95. The number of halogens is 1. The lowest BCUT2D eigenvalue weighted by Gasteiger charge is -2.33. The van der Waals surface area contributed by atoms with Crippen LogP contribution in [-0.2, 0) is 0 Å². The zero-order chi connectivity index (χ0) is 15.4. The van der Waals surface area contributed by atoms with E-state index in [1.807, 2.05) is 24.3 Å². The smallest absolute Gasteiger partial charge is 0.0931 e. The Kier molecular flexibility index (Phi) is 5.75. The van der Waals surface area contributed by atoms with Gasteiger partial charge in [0, 0.05) is 29.7 Å². The zero-order valence-electron chi connectivity index (χ0n) is 13.3. The minimum Gasteiger partial charge on any atom is -0.387 e. The van der Waals surface area contributed by atoms with Crippen molar-refractivity contribution in [1.29, 1.82) is 0 Å². The van der Waals surface area contributed by atoms with Crippen LogP contribution in [0, 0.1) is 0 Å². The van der Waals surface area contributed by atoms with Gasteiger partial charge in [0.1, 0.15) is 0 Å². The third-order valence-electron chi connectivity index (χ3n) is 5.09. The summed E-state index contributed by atoms with van der Waals surface area (Å²) in [4.78, 5) is 5.07. The summed E-state index contributed by atoms with van der Waals surface area (Å²) in [7, 11) is 0. The molecule has 122 valence electrons. The third-order valence-corrected chi connectivity index (χ3v) is 5.43. The fourth-order valence-electron chi connectivity index (χ4n) is 3.85. The van der Waals surface area contributed by atoms with Crippen molar-refractivity contribution >= 4 is 11.6 Å². The Morgan fingerprint density at radius 3 is 2.64 bits per heavy atom. The third kappa shape index (κ3) is 4.02. The van der Waals surface area contributed by atoms with Gasteiger partial charge in [0.2, 0.25) is 0 Å². The van der Waals surface area contributed by atoms with Gasteiger partial charge in [0.25, 0.3) is 0 Å². The van der Waals surface area contributed by atoms with Crippen LogP contribution in [0.2, 0.25) is 5.02 Å². The fraction of sp³-hybridized carbons (Fsp3) is 0.667. The number of rotatable bonds is 5. The summed E-state index contributed by atoms with van der Waals surface area (Å²) in [5, 5.41) is 11.2. The monoisotopic (exact) mass is 322 g/mol. The molecule has 3 nitrogen and oxygen atoms in total. The minimum absolute atomic E-state index is 0.490. The molecule has 0 aromatic heterocycles. The normalized spacial score (nSPS) is 25.5. The van der Waals surface area contributed by atoms with Crippen LogP contribution in [0.15, 0.2) is 24.3 Å². The molecule has 1 N–H and O–H groups in total. The quantitative estimate of drug-likeness (QED) is 0.901. The van der Waals surface area contributed by atoms with Crippen molar-refractivity contribution in [2.45, 2.75) is 44.2 Å². The van der Waals surface area contributed by atoms with Gasteiger partial charge >= 0.3 is 0 Å². The van der Waals surface area contributed by atoms with Crippen molar-refractivity contribution in [1.82, 2.24) is 9.80 Å². The first-order chi connectivity index (χ1) is 10.7. The van der Waals surface area contributed by atoms with Crippen molar-refractivity contribution < 1.29 is 5.11 Å². The average molecular weight is 323 g/mol. The second-order valence-electron chi connectivity index (χ2n) is 6.69. The Morgan fingerprint density at radius 2 is 1.86 bits per heavy atom. The molecule has 0 bridgehead atoms. The first-order valence-electron chi connectivity index (χ1n) is 8.63. The van der Waals surface area contributed by atoms with Crippen molar-refractivity contribution in [3.05, 3.63) is 34.9 Å². The molecule has 1 aromatic rings. The van der Waals surface area contributed by atoms with Gasteiger partial charge < -0.3 is 10.0 Å². The van der Waals surface area contributed by atoms with Crippen LogP contribution in [0.1, 0.15) is 43.8 Å². The number of β-amino-alcohol motifs (C(OH)–C–C–N with tert-alkyl or cyclic N) is 1. The largest absolute Gasteiger partial charge is 0.387 e. The standard InChI is InChI=1S/C18H27ClN2O/c19-17-9-3-2-8-16(17)18(22)14-21-12-6-7-15(21)13-20-10-4-1-5-11-20/h2-3,8-9,15,18,22H,1,4-7,10-14H2. The van der Waals surface area contributed by atoms with E-state index >= 15 is 0 Å². The van der Waals surface area contributed by atoms with Gasteiger partial charge in [-0.25, -0.2) is 0 Å². The lowest BCUT2D eigenvalue weighted by molar-refractivity contribution is 0.0878. The fourth-order valence-corrected chi connectivity index (χ4v) is 4.11. The minimum atomic E-state index is -0.490. The summed E-state index contributed by atoms with van der Waals surface area (Å²) in [6.45, 7) is 5.45. The van der Waals surface area contributed by atoms with Gasteiger partial charge in [-0.15, -0.1) is 0 Å². The highest BCUT2D eigenvalue weighted by Gasteiger charge is 2.29. The van der Waals surface area contributed by atoms with Crippen molar-refractivity contribution in [3.8, 4) is 0 Å². The summed E-state index contributed by atoms with van der Waals surface area (Å²) in [6, 6.07) is 8.24. The van der Waals surface area contributed by atoms with Gasteiger partial charge in [0.15, 0.2) is 0 Å². The summed E-state index contributed by atoms with van der Waals surface area (Å²) >= 11 is 6.21. The number of piperidine rings is 1. The maximum absolute atomic E-state index is 10.5. The maximum atomic E-state index is 10.5. The highest BCUT2D eigenvalue weighted by Crippen LogP contribution is 2.27. The van der Waals surface area contributed by atoms with Gasteiger partial charge in [-0.1, -0.05) is 36.2 Å².